The standard InChI is InChI=1S/C53H36N2O/c1-4-12-37(13-5-1)40-26-30-45(31-27-40)55(47-19-10-18-44(36-47)38-14-6-2-7-15-38)46-32-28-41(29-33-46)39-22-24-42(25-23-39)48-20-11-21-50-49(48)34-35-51-52(50)54-53(56-51)43-16-8-3-9-17-43/h1-36H. The van der Waals surface area contributed by atoms with E-state index in [1.165, 1.54) is 27.8 Å². The summed E-state index contributed by atoms with van der Waals surface area (Å²) in [6.07, 6.45) is 0. The molecule has 0 spiro atoms. The topological polar surface area (TPSA) is 29.3 Å². The van der Waals surface area contributed by atoms with Crippen molar-refractivity contribution >= 4 is 38.9 Å². The van der Waals surface area contributed by atoms with E-state index in [1.807, 2.05) is 36.4 Å². The van der Waals surface area contributed by atoms with Crippen molar-refractivity contribution in [1.29, 1.82) is 0 Å². The number of fused-ring (bicyclic) bond motifs is 3. The minimum atomic E-state index is 0.638. The van der Waals surface area contributed by atoms with Crippen molar-refractivity contribution in [2.24, 2.45) is 0 Å². The van der Waals surface area contributed by atoms with Gasteiger partial charge in [-0.3, -0.25) is 0 Å². The van der Waals surface area contributed by atoms with Gasteiger partial charge in [0.15, 0.2) is 5.58 Å². The molecule has 0 radical (unpaired) electrons. The van der Waals surface area contributed by atoms with E-state index in [9.17, 15) is 0 Å². The van der Waals surface area contributed by atoms with Crippen LogP contribution in [0, 0.1) is 0 Å². The Hall–Kier alpha value is -7.49. The first kappa shape index (κ1) is 33.1. The number of rotatable bonds is 8. The Morgan fingerprint density at radius 3 is 1.41 bits per heavy atom. The average Bonchev–Trinajstić information content (AvgIpc) is 3.73. The number of hydrogen-bond acceptors (Lipinski definition) is 3. The van der Waals surface area contributed by atoms with Crippen LogP contribution in [-0.2, 0) is 0 Å². The smallest absolute Gasteiger partial charge is 0.227 e. The van der Waals surface area contributed by atoms with Crippen LogP contribution in [0.2, 0.25) is 0 Å². The first-order chi connectivity index (χ1) is 27.7. The number of anilines is 3. The molecule has 0 atom stereocenters. The molecule has 0 unspecified atom stereocenters. The van der Waals surface area contributed by atoms with E-state index in [0.29, 0.717) is 5.89 Å². The summed E-state index contributed by atoms with van der Waals surface area (Å²) in [5, 5.41) is 2.23. The van der Waals surface area contributed by atoms with Crippen LogP contribution in [-0.4, -0.2) is 4.98 Å². The molecule has 10 rings (SSSR count). The monoisotopic (exact) mass is 716 g/mol. The third-order valence-electron chi connectivity index (χ3n) is 10.5. The highest BCUT2D eigenvalue weighted by atomic mass is 16.3. The van der Waals surface area contributed by atoms with Crippen molar-refractivity contribution in [3.8, 4) is 56.0 Å². The van der Waals surface area contributed by atoms with Gasteiger partial charge in [0.1, 0.15) is 5.52 Å². The van der Waals surface area contributed by atoms with Crippen LogP contribution in [0.3, 0.4) is 0 Å². The van der Waals surface area contributed by atoms with Crippen LogP contribution in [0.4, 0.5) is 17.1 Å². The van der Waals surface area contributed by atoms with Gasteiger partial charge in [0.05, 0.1) is 0 Å². The van der Waals surface area contributed by atoms with Gasteiger partial charge < -0.3 is 9.32 Å². The van der Waals surface area contributed by atoms with E-state index in [1.54, 1.807) is 0 Å². The molecule has 0 saturated heterocycles. The van der Waals surface area contributed by atoms with E-state index < -0.39 is 0 Å². The Balaban J connectivity index is 0.970. The molecule has 3 heteroatoms. The van der Waals surface area contributed by atoms with Gasteiger partial charge >= 0.3 is 0 Å². The van der Waals surface area contributed by atoms with Crippen molar-refractivity contribution in [1.82, 2.24) is 4.98 Å². The zero-order chi connectivity index (χ0) is 37.3. The molecular weight excluding hydrogens is 681 g/mol. The molecule has 0 aliphatic heterocycles. The predicted molar refractivity (Wildman–Crippen MR) is 233 cm³/mol. The zero-order valence-electron chi connectivity index (χ0n) is 30.6. The van der Waals surface area contributed by atoms with E-state index in [-0.39, 0.29) is 0 Å². The largest absolute Gasteiger partial charge is 0.436 e. The van der Waals surface area contributed by atoms with Crippen LogP contribution in [0.5, 0.6) is 0 Å². The quantitative estimate of drug-likeness (QED) is 0.157. The lowest BCUT2D eigenvalue weighted by Gasteiger charge is -2.26. The number of benzene rings is 9. The Morgan fingerprint density at radius 2 is 0.804 bits per heavy atom. The van der Waals surface area contributed by atoms with Gasteiger partial charge in [0, 0.05) is 28.0 Å². The predicted octanol–water partition coefficient (Wildman–Crippen LogP) is 14.8. The molecule has 0 amide bonds. The molecule has 1 heterocycles. The van der Waals surface area contributed by atoms with Crippen molar-refractivity contribution in [3.05, 3.63) is 218 Å². The lowest BCUT2D eigenvalue weighted by molar-refractivity contribution is 0.620. The van der Waals surface area contributed by atoms with Gasteiger partial charge in [-0.05, 0) is 111 Å². The first-order valence-corrected chi connectivity index (χ1v) is 18.9. The van der Waals surface area contributed by atoms with E-state index in [0.717, 1.165) is 61.2 Å². The number of aromatic nitrogens is 1. The van der Waals surface area contributed by atoms with Gasteiger partial charge in [0.2, 0.25) is 5.89 Å². The van der Waals surface area contributed by atoms with Crippen LogP contribution in [0.15, 0.2) is 223 Å². The van der Waals surface area contributed by atoms with E-state index in [2.05, 4.69) is 187 Å². The molecule has 0 fully saturated rings. The number of hydrogen-bond donors (Lipinski definition) is 0. The number of nitrogens with zero attached hydrogens (tertiary/aromatic N) is 2. The molecule has 0 N–H and O–H groups in total. The summed E-state index contributed by atoms with van der Waals surface area (Å²) < 4.78 is 6.18. The maximum atomic E-state index is 6.18. The van der Waals surface area contributed by atoms with Crippen LogP contribution < -0.4 is 4.90 Å². The van der Waals surface area contributed by atoms with Gasteiger partial charge in [-0.1, -0.05) is 158 Å². The summed E-state index contributed by atoms with van der Waals surface area (Å²) in [7, 11) is 0. The summed E-state index contributed by atoms with van der Waals surface area (Å²) in [4.78, 5) is 7.26. The highest BCUT2D eigenvalue weighted by Gasteiger charge is 2.16. The maximum absolute atomic E-state index is 6.18. The molecule has 0 aliphatic rings. The molecule has 3 nitrogen and oxygen atoms in total. The lowest BCUT2D eigenvalue weighted by Crippen LogP contribution is -2.10. The molecule has 0 bridgehead atoms. The van der Waals surface area contributed by atoms with Gasteiger partial charge in [0.25, 0.3) is 0 Å². The first-order valence-electron chi connectivity index (χ1n) is 18.9. The molecule has 264 valence electrons. The van der Waals surface area contributed by atoms with Gasteiger partial charge in [-0.25, -0.2) is 4.98 Å². The molecule has 1 aromatic heterocycles. The second-order valence-corrected chi connectivity index (χ2v) is 14.0. The normalized spacial score (nSPS) is 11.2. The maximum Gasteiger partial charge on any atom is 0.227 e. The summed E-state index contributed by atoms with van der Waals surface area (Å²) >= 11 is 0. The fourth-order valence-electron chi connectivity index (χ4n) is 7.69. The molecule has 9 aromatic carbocycles. The van der Waals surface area contributed by atoms with Crippen LogP contribution in [0.1, 0.15) is 0 Å². The minimum absolute atomic E-state index is 0.638. The second-order valence-electron chi connectivity index (χ2n) is 14.0. The van der Waals surface area contributed by atoms with E-state index in [4.69, 9.17) is 9.40 Å². The summed E-state index contributed by atoms with van der Waals surface area (Å²) in [6, 6.07) is 77.2. The zero-order valence-corrected chi connectivity index (χ0v) is 30.6. The van der Waals surface area contributed by atoms with Crippen molar-refractivity contribution in [2.75, 3.05) is 4.90 Å². The Labute approximate surface area is 326 Å². The second kappa shape index (κ2) is 14.4. The average molecular weight is 717 g/mol. The Bertz CT molecular complexity index is 2920. The van der Waals surface area contributed by atoms with E-state index >= 15 is 0 Å². The molecule has 56 heavy (non-hydrogen) atoms. The lowest BCUT2D eigenvalue weighted by atomic mass is 9.95. The minimum Gasteiger partial charge on any atom is -0.436 e. The highest BCUT2D eigenvalue weighted by molar-refractivity contribution is 6.09. The molecule has 0 saturated carbocycles. The van der Waals surface area contributed by atoms with Crippen molar-refractivity contribution in [3.63, 3.8) is 0 Å². The summed E-state index contributed by atoms with van der Waals surface area (Å²) in [5.41, 5.74) is 15.4. The molecule has 0 aliphatic carbocycles. The van der Waals surface area contributed by atoms with Crippen molar-refractivity contribution in [2.45, 2.75) is 0 Å². The summed E-state index contributed by atoms with van der Waals surface area (Å²) in [6.45, 7) is 0. The molecular formula is C53H36N2O. The Kier molecular flexibility index (Phi) is 8.51. The third kappa shape index (κ3) is 6.31. The van der Waals surface area contributed by atoms with Crippen LogP contribution in [0.25, 0.3) is 77.8 Å². The van der Waals surface area contributed by atoms with Gasteiger partial charge in [-0.2, -0.15) is 0 Å². The number of oxazole rings is 1. The molecule has 10 aromatic rings. The Morgan fingerprint density at radius 1 is 0.321 bits per heavy atom. The van der Waals surface area contributed by atoms with Crippen molar-refractivity contribution < 1.29 is 4.42 Å². The fraction of sp³-hybridized carbons (Fsp3) is 0. The van der Waals surface area contributed by atoms with Gasteiger partial charge in [-0.15, -0.1) is 0 Å². The highest BCUT2D eigenvalue weighted by Crippen LogP contribution is 2.39. The fourth-order valence-corrected chi connectivity index (χ4v) is 7.69. The van der Waals surface area contributed by atoms with Crippen LogP contribution >= 0.6 is 0 Å². The summed E-state index contributed by atoms with van der Waals surface area (Å²) in [5.74, 6) is 0.638. The third-order valence-corrected chi connectivity index (χ3v) is 10.5. The SMILES string of the molecule is c1ccc(-c2ccc(N(c3ccc(-c4ccc(-c5cccc6c5ccc5oc(-c7ccccc7)nc56)cc4)cc3)c3cccc(-c4ccccc4)c3)cc2)cc1.